The van der Waals surface area contributed by atoms with Gasteiger partial charge in [0.05, 0.1) is 13.2 Å². The van der Waals surface area contributed by atoms with Crippen molar-refractivity contribution < 1.29 is 29.6 Å². The lowest BCUT2D eigenvalue weighted by molar-refractivity contribution is -0.139. The van der Waals surface area contributed by atoms with Gasteiger partial charge in [-0.3, -0.25) is 9.59 Å². The molecule has 0 rings (SSSR count). The Labute approximate surface area is 88.5 Å². The highest BCUT2D eigenvalue weighted by atomic mass is 16.5. The van der Waals surface area contributed by atoms with Gasteiger partial charge in [0.1, 0.15) is 0 Å². The Morgan fingerprint density at radius 3 is 1.60 bits per heavy atom. The molecule has 0 saturated carbocycles. The SMILES string of the molecule is COCCO.O=C(O)CCCCC(=O)O. The van der Waals surface area contributed by atoms with E-state index in [0.717, 1.165) is 0 Å². The zero-order chi connectivity index (χ0) is 12.1. The first-order valence-corrected chi connectivity index (χ1v) is 4.58. The van der Waals surface area contributed by atoms with Crippen molar-refractivity contribution in [3.8, 4) is 0 Å². The van der Waals surface area contributed by atoms with E-state index in [1.807, 2.05) is 0 Å². The fourth-order valence-corrected chi connectivity index (χ4v) is 0.644. The van der Waals surface area contributed by atoms with Crippen LogP contribution in [0.5, 0.6) is 0 Å². The summed E-state index contributed by atoms with van der Waals surface area (Å²) in [6, 6.07) is 0. The van der Waals surface area contributed by atoms with Gasteiger partial charge in [-0.2, -0.15) is 0 Å². The molecule has 0 aliphatic carbocycles. The summed E-state index contributed by atoms with van der Waals surface area (Å²) in [6.45, 7) is 0.566. The largest absolute Gasteiger partial charge is 0.481 e. The fraction of sp³-hybridized carbons (Fsp3) is 0.778. The molecule has 0 amide bonds. The monoisotopic (exact) mass is 222 g/mol. The van der Waals surface area contributed by atoms with Crippen LogP contribution in [0.2, 0.25) is 0 Å². The minimum absolute atomic E-state index is 0.0628. The van der Waals surface area contributed by atoms with Gasteiger partial charge in [0.15, 0.2) is 0 Å². The van der Waals surface area contributed by atoms with Crippen LogP contribution in [0.3, 0.4) is 0 Å². The molecule has 3 N–H and O–H groups in total. The number of hydrogen-bond donors (Lipinski definition) is 3. The number of ether oxygens (including phenoxy) is 1. The molecule has 0 spiro atoms. The van der Waals surface area contributed by atoms with Crippen LogP contribution in [-0.2, 0) is 14.3 Å². The van der Waals surface area contributed by atoms with Gasteiger partial charge in [-0.25, -0.2) is 0 Å². The van der Waals surface area contributed by atoms with Gasteiger partial charge in [-0.15, -0.1) is 0 Å². The van der Waals surface area contributed by atoms with E-state index >= 15 is 0 Å². The van der Waals surface area contributed by atoms with Crippen molar-refractivity contribution in [3.05, 3.63) is 0 Å². The highest BCUT2D eigenvalue weighted by Crippen LogP contribution is 1.98. The Kier molecular flexibility index (Phi) is 14.0. The number of aliphatic hydroxyl groups is 1. The molecule has 6 nitrogen and oxygen atoms in total. The average molecular weight is 222 g/mol. The van der Waals surface area contributed by atoms with E-state index in [9.17, 15) is 9.59 Å². The van der Waals surface area contributed by atoms with E-state index in [1.165, 1.54) is 0 Å². The Morgan fingerprint density at radius 1 is 1.07 bits per heavy atom. The summed E-state index contributed by atoms with van der Waals surface area (Å²) >= 11 is 0. The summed E-state index contributed by atoms with van der Waals surface area (Å²) in [4.78, 5) is 19.8. The number of aliphatic hydroxyl groups excluding tert-OH is 1. The normalized spacial score (nSPS) is 8.93. The Hall–Kier alpha value is -1.14. The maximum Gasteiger partial charge on any atom is 0.303 e. The Bertz CT molecular complexity index is 150. The van der Waals surface area contributed by atoms with Crippen molar-refractivity contribution in [1.82, 2.24) is 0 Å². The van der Waals surface area contributed by atoms with Gasteiger partial charge in [0, 0.05) is 20.0 Å². The van der Waals surface area contributed by atoms with Crippen molar-refractivity contribution >= 4 is 11.9 Å². The average Bonchev–Trinajstić information content (AvgIpc) is 2.14. The standard InChI is InChI=1S/C6H10O4.C3H8O2/c7-5(8)3-1-2-4-6(9)10;1-5-3-2-4/h1-4H2,(H,7,8)(H,9,10);4H,2-3H2,1H3. The van der Waals surface area contributed by atoms with Crippen LogP contribution < -0.4 is 0 Å². The molecule has 0 unspecified atom stereocenters. The quantitative estimate of drug-likeness (QED) is 0.536. The van der Waals surface area contributed by atoms with E-state index in [4.69, 9.17) is 15.3 Å². The lowest BCUT2D eigenvalue weighted by atomic mass is 10.2. The van der Waals surface area contributed by atoms with Gasteiger partial charge in [-0.1, -0.05) is 0 Å². The van der Waals surface area contributed by atoms with Gasteiger partial charge in [0.2, 0.25) is 0 Å². The number of carboxylic acids is 2. The Morgan fingerprint density at radius 2 is 1.47 bits per heavy atom. The predicted octanol–water partition coefficient (Wildman–Crippen LogP) is 0.341. The predicted molar refractivity (Wildman–Crippen MR) is 52.7 cm³/mol. The van der Waals surface area contributed by atoms with Crippen molar-refractivity contribution in [3.63, 3.8) is 0 Å². The lowest BCUT2D eigenvalue weighted by Crippen LogP contribution is -1.97. The maximum absolute atomic E-state index is 9.90. The third-order valence-corrected chi connectivity index (χ3v) is 1.33. The molecular weight excluding hydrogens is 204 g/mol. The number of unbranched alkanes of at least 4 members (excludes halogenated alkanes) is 1. The summed E-state index contributed by atoms with van der Waals surface area (Å²) in [5, 5.41) is 24.2. The maximum atomic E-state index is 9.90. The van der Waals surface area contributed by atoms with E-state index in [1.54, 1.807) is 7.11 Å². The third kappa shape index (κ3) is 24.6. The molecule has 0 aliphatic rings. The second kappa shape index (κ2) is 12.9. The first-order chi connectivity index (χ1) is 7.04. The van der Waals surface area contributed by atoms with Crippen molar-refractivity contribution in [2.45, 2.75) is 25.7 Å². The topological polar surface area (TPSA) is 104 Å². The number of carboxylic acid groups (broad SMARTS) is 2. The van der Waals surface area contributed by atoms with E-state index < -0.39 is 11.9 Å². The molecule has 0 radical (unpaired) electrons. The van der Waals surface area contributed by atoms with Crippen LogP contribution in [0.15, 0.2) is 0 Å². The zero-order valence-corrected chi connectivity index (χ0v) is 8.81. The van der Waals surface area contributed by atoms with Gasteiger partial charge in [-0.05, 0) is 12.8 Å². The van der Waals surface area contributed by atoms with Crippen molar-refractivity contribution in [2.24, 2.45) is 0 Å². The first kappa shape index (κ1) is 16.3. The molecule has 0 aliphatic heterocycles. The molecule has 0 aromatic rings. The molecule has 6 heteroatoms. The van der Waals surface area contributed by atoms with Gasteiger partial charge >= 0.3 is 11.9 Å². The molecule has 0 bridgehead atoms. The highest BCUT2D eigenvalue weighted by Gasteiger charge is 1.99. The molecule has 0 fully saturated rings. The molecule has 90 valence electrons. The smallest absolute Gasteiger partial charge is 0.303 e. The van der Waals surface area contributed by atoms with Crippen LogP contribution in [0.4, 0.5) is 0 Å². The van der Waals surface area contributed by atoms with Crippen molar-refractivity contribution in [1.29, 1.82) is 0 Å². The van der Waals surface area contributed by atoms with Gasteiger partial charge in [0.25, 0.3) is 0 Å². The summed E-state index contributed by atoms with van der Waals surface area (Å²) < 4.78 is 4.44. The van der Waals surface area contributed by atoms with Crippen LogP contribution in [0.25, 0.3) is 0 Å². The number of carbonyl (C=O) groups is 2. The molecule has 0 aromatic carbocycles. The van der Waals surface area contributed by atoms with E-state index in [2.05, 4.69) is 4.74 Å². The molecule has 0 atom stereocenters. The Balaban J connectivity index is 0. The van der Waals surface area contributed by atoms with Crippen LogP contribution in [-0.4, -0.2) is 47.6 Å². The minimum atomic E-state index is -0.870. The van der Waals surface area contributed by atoms with E-state index in [0.29, 0.717) is 19.4 Å². The number of rotatable bonds is 7. The van der Waals surface area contributed by atoms with Crippen molar-refractivity contribution in [2.75, 3.05) is 20.3 Å². The molecular formula is C9H18O6. The zero-order valence-electron chi connectivity index (χ0n) is 8.81. The van der Waals surface area contributed by atoms with Gasteiger partial charge < -0.3 is 20.1 Å². The number of methoxy groups -OCH3 is 1. The molecule has 0 heterocycles. The van der Waals surface area contributed by atoms with Crippen LogP contribution >= 0.6 is 0 Å². The fourth-order valence-electron chi connectivity index (χ4n) is 0.644. The second-order valence-corrected chi connectivity index (χ2v) is 2.71. The van der Waals surface area contributed by atoms with E-state index in [-0.39, 0.29) is 19.4 Å². The highest BCUT2D eigenvalue weighted by molar-refractivity contribution is 5.67. The molecule has 15 heavy (non-hydrogen) atoms. The second-order valence-electron chi connectivity index (χ2n) is 2.71. The minimum Gasteiger partial charge on any atom is -0.481 e. The summed E-state index contributed by atoms with van der Waals surface area (Å²) in [6.07, 6.45) is 1.02. The summed E-state index contributed by atoms with van der Waals surface area (Å²) in [5.74, 6) is -1.74. The summed E-state index contributed by atoms with van der Waals surface area (Å²) in [5.41, 5.74) is 0. The first-order valence-electron chi connectivity index (χ1n) is 4.58. The number of hydrogen-bond acceptors (Lipinski definition) is 4. The third-order valence-electron chi connectivity index (χ3n) is 1.33. The summed E-state index contributed by atoms with van der Waals surface area (Å²) in [7, 11) is 1.55. The number of aliphatic carboxylic acids is 2. The lowest BCUT2D eigenvalue weighted by Gasteiger charge is -1.92. The van der Waals surface area contributed by atoms with Crippen LogP contribution in [0, 0.1) is 0 Å². The van der Waals surface area contributed by atoms with Crippen LogP contribution in [0.1, 0.15) is 25.7 Å². The molecule has 0 aromatic heterocycles. The molecule has 0 saturated heterocycles.